The SMILES string of the molecule is O=C1C=Cc2ncnnc2C1. The number of nitrogens with zero attached hydrogens (tertiary/aromatic N) is 3. The van der Waals surface area contributed by atoms with Crippen molar-refractivity contribution in [3.8, 4) is 0 Å². The Labute approximate surface area is 63.0 Å². The highest BCUT2D eigenvalue weighted by molar-refractivity contribution is 5.97. The Hall–Kier alpha value is -1.58. The van der Waals surface area contributed by atoms with E-state index < -0.39 is 0 Å². The summed E-state index contributed by atoms with van der Waals surface area (Å²) in [7, 11) is 0. The summed E-state index contributed by atoms with van der Waals surface area (Å²) >= 11 is 0. The number of carbonyl (C=O) groups excluding carboxylic acids is 1. The Bertz CT molecular complexity index is 332. The Morgan fingerprint density at radius 2 is 2.27 bits per heavy atom. The molecule has 1 aliphatic rings. The molecule has 2 rings (SSSR count). The third kappa shape index (κ3) is 1.02. The molecule has 0 amide bonds. The lowest BCUT2D eigenvalue weighted by atomic mass is 10.1. The maximum atomic E-state index is 10.8. The Morgan fingerprint density at radius 3 is 3.18 bits per heavy atom. The van der Waals surface area contributed by atoms with Gasteiger partial charge in [0.15, 0.2) is 5.78 Å². The van der Waals surface area contributed by atoms with Gasteiger partial charge in [-0.2, -0.15) is 5.10 Å². The van der Waals surface area contributed by atoms with Crippen molar-refractivity contribution >= 4 is 11.9 Å². The Balaban J connectivity index is 2.54. The molecule has 0 unspecified atom stereocenters. The van der Waals surface area contributed by atoms with Gasteiger partial charge in [-0.3, -0.25) is 4.79 Å². The average Bonchev–Trinajstić information content (AvgIpc) is 2.04. The van der Waals surface area contributed by atoms with E-state index in [1.54, 1.807) is 6.08 Å². The minimum Gasteiger partial charge on any atom is -0.294 e. The van der Waals surface area contributed by atoms with Crippen molar-refractivity contribution < 1.29 is 4.79 Å². The number of rotatable bonds is 0. The number of hydrogen-bond donors (Lipinski definition) is 0. The summed E-state index contributed by atoms with van der Waals surface area (Å²) in [5.41, 5.74) is 1.42. The molecule has 1 aromatic heterocycles. The van der Waals surface area contributed by atoms with Crippen molar-refractivity contribution in [2.45, 2.75) is 6.42 Å². The van der Waals surface area contributed by atoms with Crippen LogP contribution < -0.4 is 0 Å². The maximum Gasteiger partial charge on any atom is 0.161 e. The normalized spacial score (nSPS) is 14.7. The fourth-order valence-corrected chi connectivity index (χ4v) is 0.970. The highest BCUT2D eigenvalue weighted by Crippen LogP contribution is 2.09. The van der Waals surface area contributed by atoms with Crippen LogP contribution in [0.3, 0.4) is 0 Å². The first-order valence-electron chi connectivity index (χ1n) is 3.24. The maximum absolute atomic E-state index is 10.8. The molecule has 0 aliphatic heterocycles. The molecule has 54 valence electrons. The number of hydrogen-bond acceptors (Lipinski definition) is 4. The van der Waals surface area contributed by atoms with Crippen LogP contribution in [0.5, 0.6) is 0 Å². The highest BCUT2D eigenvalue weighted by Gasteiger charge is 2.11. The molecule has 1 heterocycles. The summed E-state index contributed by atoms with van der Waals surface area (Å²) in [4.78, 5) is 14.8. The van der Waals surface area contributed by atoms with E-state index >= 15 is 0 Å². The van der Waals surface area contributed by atoms with Crippen molar-refractivity contribution in [1.82, 2.24) is 15.2 Å². The van der Waals surface area contributed by atoms with Gasteiger partial charge in [-0.1, -0.05) is 0 Å². The van der Waals surface area contributed by atoms with Gasteiger partial charge in [-0.25, -0.2) is 4.98 Å². The van der Waals surface area contributed by atoms with E-state index in [-0.39, 0.29) is 5.78 Å². The molecule has 0 atom stereocenters. The number of carbonyl (C=O) groups is 1. The predicted molar refractivity (Wildman–Crippen MR) is 37.6 cm³/mol. The Kier molecular flexibility index (Phi) is 1.25. The molecule has 11 heavy (non-hydrogen) atoms. The highest BCUT2D eigenvalue weighted by atomic mass is 16.1. The van der Waals surface area contributed by atoms with Gasteiger partial charge in [0.05, 0.1) is 17.8 Å². The quantitative estimate of drug-likeness (QED) is 0.518. The van der Waals surface area contributed by atoms with Gasteiger partial charge in [0, 0.05) is 0 Å². The topological polar surface area (TPSA) is 55.7 Å². The lowest BCUT2D eigenvalue weighted by molar-refractivity contribution is -0.114. The van der Waals surface area contributed by atoms with Gasteiger partial charge in [0.2, 0.25) is 0 Å². The molecule has 0 saturated heterocycles. The molecule has 0 spiro atoms. The predicted octanol–water partition coefficient (Wildman–Crippen LogP) is 0.0100. The summed E-state index contributed by atoms with van der Waals surface area (Å²) in [6.45, 7) is 0. The minimum absolute atomic E-state index is 0.0554. The largest absolute Gasteiger partial charge is 0.294 e. The van der Waals surface area contributed by atoms with Gasteiger partial charge in [-0.15, -0.1) is 5.10 Å². The van der Waals surface area contributed by atoms with Crippen LogP contribution in [-0.4, -0.2) is 21.0 Å². The molecule has 0 fully saturated rings. The second-order valence-corrected chi connectivity index (χ2v) is 2.27. The molecular formula is C7H5N3O. The van der Waals surface area contributed by atoms with Gasteiger partial charge in [0.1, 0.15) is 6.33 Å². The van der Waals surface area contributed by atoms with Crippen molar-refractivity contribution in [1.29, 1.82) is 0 Å². The van der Waals surface area contributed by atoms with Crippen LogP contribution in [0.2, 0.25) is 0 Å². The lowest BCUT2D eigenvalue weighted by Gasteiger charge is -2.03. The van der Waals surface area contributed by atoms with Crippen LogP contribution in [0.15, 0.2) is 12.4 Å². The third-order valence-corrected chi connectivity index (χ3v) is 1.49. The van der Waals surface area contributed by atoms with E-state index in [4.69, 9.17) is 0 Å². The van der Waals surface area contributed by atoms with Crippen LogP contribution in [0.4, 0.5) is 0 Å². The van der Waals surface area contributed by atoms with Crippen molar-refractivity contribution in [3.05, 3.63) is 23.8 Å². The summed E-state index contributed by atoms with van der Waals surface area (Å²) < 4.78 is 0. The fraction of sp³-hybridized carbons (Fsp3) is 0.143. The zero-order valence-corrected chi connectivity index (χ0v) is 5.69. The van der Waals surface area contributed by atoms with Crippen LogP contribution >= 0.6 is 0 Å². The third-order valence-electron chi connectivity index (χ3n) is 1.49. The van der Waals surface area contributed by atoms with Crippen molar-refractivity contribution in [2.24, 2.45) is 0 Å². The summed E-state index contributed by atoms with van der Waals surface area (Å²) in [5.74, 6) is 0.0554. The first kappa shape index (κ1) is 6.15. The van der Waals surface area contributed by atoms with Crippen LogP contribution in [0, 0.1) is 0 Å². The lowest BCUT2D eigenvalue weighted by Crippen LogP contribution is -2.09. The van der Waals surface area contributed by atoms with E-state index in [9.17, 15) is 4.79 Å². The monoisotopic (exact) mass is 147 g/mol. The molecule has 4 nitrogen and oxygen atoms in total. The first-order valence-corrected chi connectivity index (χ1v) is 3.24. The molecule has 0 bridgehead atoms. The van der Waals surface area contributed by atoms with E-state index in [1.807, 2.05) is 0 Å². The van der Waals surface area contributed by atoms with Gasteiger partial charge in [-0.05, 0) is 12.2 Å². The molecule has 0 saturated carbocycles. The summed E-state index contributed by atoms with van der Waals surface area (Å²) in [6, 6.07) is 0. The fourth-order valence-electron chi connectivity index (χ4n) is 0.970. The van der Waals surface area contributed by atoms with E-state index in [0.717, 1.165) is 5.69 Å². The average molecular weight is 147 g/mol. The second-order valence-electron chi connectivity index (χ2n) is 2.27. The molecule has 0 N–H and O–H groups in total. The van der Waals surface area contributed by atoms with Gasteiger partial charge < -0.3 is 0 Å². The molecular weight excluding hydrogens is 142 g/mol. The van der Waals surface area contributed by atoms with Crippen LogP contribution in [-0.2, 0) is 11.2 Å². The zero-order valence-electron chi connectivity index (χ0n) is 5.69. The Morgan fingerprint density at radius 1 is 1.36 bits per heavy atom. The number of allylic oxidation sites excluding steroid dienone is 1. The van der Waals surface area contributed by atoms with Crippen LogP contribution in [0.1, 0.15) is 11.4 Å². The number of fused-ring (bicyclic) bond motifs is 1. The molecule has 1 aliphatic carbocycles. The van der Waals surface area contributed by atoms with Crippen molar-refractivity contribution in [2.75, 3.05) is 0 Å². The van der Waals surface area contributed by atoms with E-state index in [1.165, 1.54) is 12.4 Å². The van der Waals surface area contributed by atoms with Crippen LogP contribution in [0.25, 0.3) is 6.08 Å². The second kappa shape index (κ2) is 2.23. The van der Waals surface area contributed by atoms with Crippen molar-refractivity contribution in [3.63, 3.8) is 0 Å². The number of ketones is 1. The van der Waals surface area contributed by atoms with E-state index in [0.29, 0.717) is 12.1 Å². The van der Waals surface area contributed by atoms with Gasteiger partial charge in [0.25, 0.3) is 0 Å². The summed E-state index contributed by atoms with van der Waals surface area (Å²) in [6.07, 6.45) is 4.87. The van der Waals surface area contributed by atoms with Gasteiger partial charge >= 0.3 is 0 Å². The van der Waals surface area contributed by atoms with E-state index in [2.05, 4.69) is 15.2 Å². The standard InChI is InChI=1S/C7H5N3O/c11-5-1-2-6-7(3-5)10-9-4-8-6/h1-2,4H,3H2. The molecule has 0 radical (unpaired) electrons. The zero-order chi connectivity index (χ0) is 7.68. The minimum atomic E-state index is 0.0554. The molecule has 0 aromatic carbocycles. The smallest absolute Gasteiger partial charge is 0.161 e. The molecule has 1 aromatic rings. The summed E-state index contributed by atoms with van der Waals surface area (Å²) in [5, 5.41) is 7.37. The molecule has 4 heteroatoms. The number of aromatic nitrogens is 3. The first-order chi connectivity index (χ1) is 5.36.